The molecular formula is C47H93NO8. The van der Waals surface area contributed by atoms with E-state index in [9.17, 15) is 30.3 Å². The van der Waals surface area contributed by atoms with Crippen molar-refractivity contribution in [3.05, 3.63) is 0 Å². The number of carbonyl (C=O) groups excluding carboxylic acids is 1. The van der Waals surface area contributed by atoms with Gasteiger partial charge in [-0.15, -0.1) is 0 Å². The molecule has 0 aliphatic carbocycles. The topological polar surface area (TPSA) is 149 Å². The Balaban J connectivity index is 2.29. The first-order chi connectivity index (χ1) is 27.3. The van der Waals surface area contributed by atoms with Crippen LogP contribution in [0.3, 0.4) is 0 Å². The molecule has 0 aromatic carbocycles. The average molecular weight is 800 g/mol. The summed E-state index contributed by atoms with van der Waals surface area (Å²) >= 11 is 0. The number of carbonyl (C=O) groups is 1. The molecule has 56 heavy (non-hydrogen) atoms. The number of aliphatic hydroxyl groups is 5. The zero-order valence-electron chi connectivity index (χ0n) is 36.7. The molecule has 0 bridgehead atoms. The molecule has 7 atom stereocenters. The highest BCUT2D eigenvalue weighted by atomic mass is 16.7. The molecule has 0 saturated carbocycles. The zero-order chi connectivity index (χ0) is 40.9. The van der Waals surface area contributed by atoms with Gasteiger partial charge in [0.15, 0.2) is 6.29 Å². The van der Waals surface area contributed by atoms with Crippen LogP contribution in [-0.2, 0) is 14.3 Å². The van der Waals surface area contributed by atoms with Gasteiger partial charge in [0.2, 0.25) is 5.91 Å². The van der Waals surface area contributed by atoms with E-state index in [2.05, 4.69) is 19.2 Å². The molecule has 1 amide bonds. The van der Waals surface area contributed by atoms with Crippen LogP contribution in [0.15, 0.2) is 0 Å². The molecule has 0 aromatic heterocycles. The number of aliphatic hydroxyl groups excluding tert-OH is 5. The molecule has 0 spiro atoms. The van der Waals surface area contributed by atoms with E-state index in [4.69, 9.17) is 9.47 Å². The van der Waals surface area contributed by atoms with Crippen molar-refractivity contribution in [2.75, 3.05) is 13.2 Å². The quantitative estimate of drug-likeness (QED) is 0.0335. The summed E-state index contributed by atoms with van der Waals surface area (Å²) in [4.78, 5) is 13.0. The van der Waals surface area contributed by atoms with Crippen molar-refractivity contribution in [1.29, 1.82) is 0 Å². The van der Waals surface area contributed by atoms with E-state index in [-0.39, 0.29) is 12.5 Å². The van der Waals surface area contributed by atoms with Crippen molar-refractivity contribution < 1.29 is 39.8 Å². The molecule has 0 aromatic rings. The van der Waals surface area contributed by atoms with Crippen LogP contribution in [0.1, 0.15) is 239 Å². The Morgan fingerprint density at radius 3 is 1.27 bits per heavy atom. The maximum Gasteiger partial charge on any atom is 0.220 e. The molecule has 1 rings (SSSR count). The molecule has 1 aliphatic heterocycles. The van der Waals surface area contributed by atoms with E-state index >= 15 is 0 Å². The smallest absolute Gasteiger partial charge is 0.220 e. The van der Waals surface area contributed by atoms with Gasteiger partial charge in [0.25, 0.3) is 0 Å². The summed E-state index contributed by atoms with van der Waals surface area (Å²) in [5.74, 6) is -0.139. The minimum absolute atomic E-state index is 0.131. The van der Waals surface area contributed by atoms with Crippen molar-refractivity contribution in [1.82, 2.24) is 5.32 Å². The van der Waals surface area contributed by atoms with E-state index in [0.29, 0.717) is 12.8 Å². The summed E-state index contributed by atoms with van der Waals surface area (Å²) < 4.78 is 11.3. The standard InChI is InChI=1S/C47H93NO8/c1-3-5-7-9-11-13-15-17-19-21-23-25-27-29-31-33-35-37-43(51)48-40(39-55-47-46(54)45(53)44(52)42(38-49)56-47)41(50)36-34-32-30-28-26-24-22-20-18-16-14-12-10-8-6-4-2/h40-42,44-47,49-50,52-54H,3-39H2,1-2H3,(H,48,51). The first-order valence-electron chi connectivity index (χ1n) is 24.2. The van der Waals surface area contributed by atoms with Crippen LogP contribution >= 0.6 is 0 Å². The molecule has 9 nitrogen and oxygen atoms in total. The molecule has 1 heterocycles. The van der Waals surface area contributed by atoms with Gasteiger partial charge in [0.05, 0.1) is 25.4 Å². The van der Waals surface area contributed by atoms with Crippen LogP contribution < -0.4 is 5.32 Å². The molecule has 6 N–H and O–H groups in total. The molecule has 1 saturated heterocycles. The highest BCUT2D eigenvalue weighted by Gasteiger charge is 2.44. The first kappa shape index (κ1) is 53.2. The number of unbranched alkanes of at least 4 members (excludes halogenated alkanes) is 31. The fourth-order valence-corrected chi connectivity index (χ4v) is 8.04. The van der Waals surface area contributed by atoms with Crippen molar-refractivity contribution >= 4 is 5.91 Å². The number of rotatable bonds is 41. The fraction of sp³-hybridized carbons (Fsp3) is 0.979. The lowest BCUT2D eigenvalue weighted by atomic mass is 9.99. The first-order valence-corrected chi connectivity index (χ1v) is 24.2. The number of hydrogen-bond donors (Lipinski definition) is 6. The third kappa shape index (κ3) is 28.6. The van der Waals surface area contributed by atoms with E-state index in [0.717, 1.165) is 38.5 Å². The van der Waals surface area contributed by atoms with E-state index in [1.807, 2.05) is 0 Å². The van der Waals surface area contributed by atoms with Gasteiger partial charge >= 0.3 is 0 Å². The molecule has 334 valence electrons. The van der Waals surface area contributed by atoms with Crippen LogP contribution in [0.5, 0.6) is 0 Å². The Morgan fingerprint density at radius 2 is 0.893 bits per heavy atom. The van der Waals surface area contributed by atoms with Gasteiger partial charge in [-0.25, -0.2) is 0 Å². The van der Waals surface area contributed by atoms with E-state index in [1.54, 1.807) is 0 Å². The largest absolute Gasteiger partial charge is 0.394 e. The molecular weight excluding hydrogens is 707 g/mol. The van der Waals surface area contributed by atoms with Crippen LogP contribution in [-0.4, -0.2) is 87.5 Å². The lowest BCUT2D eigenvalue weighted by Gasteiger charge is -2.40. The highest BCUT2D eigenvalue weighted by molar-refractivity contribution is 5.76. The summed E-state index contributed by atoms with van der Waals surface area (Å²) in [6, 6.07) is -0.711. The fourth-order valence-electron chi connectivity index (χ4n) is 8.04. The lowest BCUT2D eigenvalue weighted by molar-refractivity contribution is -0.302. The predicted molar refractivity (Wildman–Crippen MR) is 231 cm³/mol. The summed E-state index contributed by atoms with van der Waals surface area (Å²) in [6.07, 6.45) is 35.3. The second kappa shape index (κ2) is 38.4. The summed E-state index contributed by atoms with van der Waals surface area (Å²) in [5.41, 5.74) is 0. The van der Waals surface area contributed by atoms with Gasteiger partial charge in [0, 0.05) is 6.42 Å². The van der Waals surface area contributed by atoms with Gasteiger partial charge in [-0.05, 0) is 12.8 Å². The van der Waals surface area contributed by atoms with Gasteiger partial charge < -0.3 is 40.3 Å². The van der Waals surface area contributed by atoms with Gasteiger partial charge in [-0.3, -0.25) is 4.79 Å². The highest BCUT2D eigenvalue weighted by Crippen LogP contribution is 2.23. The number of nitrogens with one attached hydrogen (secondary N) is 1. The third-order valence-corrected chi connectivity index (χ3v) is 12.0. The second-order valence-electron chi connectivity index (χ2n) is 17.3. The van der Waals surface area contributed by atoms with Crippen molar-refractivity contribution in [2.24, 2.45) is 0 Å². The zero-order valence-corrected chi connectivity index (χ0v) is 36.7. The SMILES string of the molecule is CCCCCCCCCCCCCCCCCCCC(=O)NC(COC1OC(CO)C(O)C(O)C1O)C(O)CCCCCCCCCCCCCCCCCC. The van der Waals surface area contributed by atoms with E-state index in [1.165, 1.54) is 173 Å². The van der Waals surface area contributed by atoms with Crippen molar-refractivity contribution in [2.45, 2.75) is 281 Å². The van der Waals surface area contributed by atoms with Crippen molar-refractivity contribution in [3.63, 3.8) is 0 Å². The Morgan fingerprint density at radius 1 is 0.536 bits per heavy atom. The molecule has 0 radical (unpaired) electrons. The molecule has 7 unspecified atom stereocenters. The van der Waals surface area contributed by atoms with Crippen LogP contribution in [0, 0.1) is 0 Å². The second-order valence-corrected chi connectivity index (χ2v) is 17.3. The average Bonchev–Trinajstić information content (AvgIpc) is 3.20. The van der Waals surface area contributed by atoms with Gasteiger partial charge in [-0.1, -0.05) is 219 Å². The Hall–Kier alpha value is -0.810. The Bertz CT molecular complexity index is 847. The summed E-state index contributed by atoms with van der Waals surface area (Å²) in [6.45, 7) is 3.86. The maximum atomic E-state index is 13.0. The Labute approximate surface area is 344 Å². The minimum Gasteiger partial charge on any atom is -0.394 e. The summed E-state index contributed by atoms with van der Waals surface area (Å²) in [5, 5.41) is 54.4. The maximum absolute atomic E-state index is 13.0. The molecule has 1 fully saturated rings. The number of amides is 1. The predicted octanol–water partition coefficient (Wildman–Crippen LogP) is 10.3. The lowest BCUT2D eigenvalue weighted by Crippen LogP contribution is -2.60. The number of hydrogen-bond acceptors (Lipinski definition) is 8. The minimum atomic E-state index is -1.55. The van der Waals surface area contributed by atoms with Gasteiger partial charge in [-0.2, -0.15) is 0 Å². The van der Waals surface area contributed by atoms with Crippen LogP contribution in [0.25, 0.3) is 0 Å². The molecule has 9 heteroatoms. The normalized spacial score (nSPS) is 21.0. The Kier molecular flexibility index (Phi) is 36.5. The summed E-state index contributed by atoms with van der Waals surface area (Å²) in [7, 11) is 0. The monoisotopic (exact) mass is 800 g/mol. The number of ether oxygens (including phenoxy) is 2. The van der Waals surface area contributed by atoms with Gasteiger partial charge in [0.1, 0.15) is 24.4 Å². The van der Waals surface area contributed by atoms with Crippen LogP contribution in [0.2, 0.25) is 0 Å². The third-order valence-electron chi connectivity index (χ3n) is 12.0. The molecule has 1 aliphatic rings. The van der Waals surface area contributed by atoms with E-state index < -0.39 is 49.5 Å². The van der Waals surface area contributed by atoms with Crippen LogP contribution in [0.4, 0.5) is 0 Å². The van der Waals surface area contributed by atoms with Crippen molar-refractivity contribution in [3.8, 4) is 0 Å².